The van der Waals surface area contributed by atoms with Crippen molar-refractivity contribution in [2.24, 2.45) is 17.3 Å². The molecule has 1 spiro atoms. The van der Waals surface area contributed by atoms with Crippen LogP contribution in [-0.4, -0.2) is 25.5 Å². The molecule has 150 valence electrons. The van der Waals surface area contributed by atoms with E-state index in [1.54, 1.807) is 0 Å². The van der Waals surface area contributed by atoms with Gasteiger partial charge in [0.05, 0.1) is 13.2 Å². The van der Waals surface area contributed by atoms with Crippen LogP contribution in [0.1, 0.15) is 70.4 Å². The van der Waals surface area contributed by atoms with Crippen molar-refractivity contribution in [3.05, 3.63) is 34.3 Å². The summed E-state index contributed by atoms with van der Waals surface area (Å²) < 4.78 is 13.5. The lowest BCUT2D eigenvalue weighted by molar-refractivity contribution is -0.312. The van der Waals surface area contributed by atoms with E-state index < -0.39 is 0 Å². The molecule has 1 heterocycles. The zero-order valence-electron chi connectivity index (χ0n) is 16.8. The van der Waals surface area contributed by atoms with Crippen molar-refractivity contribution >= 4 is 15.9 Å². The molecule has 0 aromatic heterocycles. The maximum Gasteiger partial charge on any atom is 0.168 e. The minimum absolute atomic E-state index is 0.164. The van der Waals surface area contributed by atoms with Gasteiger partial charge in [-0.25, -0.2) is 0 Å². The number of ether oxygens (including phenoxy) is 2. The molecule has 1 N–H and O–H groups in total. The van der Waals surface area contributed by atoms with Crippen LogP contribution < -0.4 is 5.32 Å². The van der Waals surface area contributed by atoms with Gasteiger partial charge < -0.3 is 14.8 Å². The largest absolute Gasteiger partial charge is 0.349 e. The molecule has 0 unspecified atom stereocenters. The molecular formula is C23H34BrNO2. The summed E-state index contributed by atoms with van der Waals surface area (Å²) in [6, 6.07) is 9.39. The molecule has 1 aliphatic heterocycles. The fourth-order valence-corrected chi connectivity index (χ4v) is 4.80. The van der Waals surface area contributed by atoms with Crippen molar-refractivity contribution in [3.63, 3.8) is 0 Å². The minimum Gasteiger partial charge on any atom is -0.349 e. The third kappa shape index (κ3) is 5.14. The molecule has 4 heteroatoms. The summed E-state index contributed by atoms with van der Waals surface area (Å²) in [4.78, 5) is 0. The molecule has 3 aliphatic rings. The van der Waals surface area contributed by atoms with Gasteiger partial charge in [-0.15, -0.1) is 0 Å². The van der Waals surface area contributed by atoms with Gasteiger partial charge >= 0.3 is 0 Å². The molecule has 0 bridgehead atoms. The standard InChI is InChI=1S/C23H34BrNO2/c1-22(2)15-26-23(27-16-22)12-9-17(10-13-23)11-14-25-21(18-3-4-18)19-5-7-20(24)8-6-19/h5-8,17-18,21,25H,3-4,9-16H2,1-2H3/t21-/m0/s1. The van der Waals surface area contributed by atoms with Gasteiger partial charge in [-0.1, -0.05) is 41.9 Å². The van der Waals surface area contributed by atoms with Crippen LogP contribution >= 0.6 is 15.9 Å². The van der Waals surface area contributed by atoms with E-state index in [9.17, 15) is 0 Å². The van der Waals surface area contributed by atoms with Crippen LogP contribution in [0.4, 0.5) is 0 Å². The lowest BCUT2D eigenvalue weighted by Gasteiger charge is -2.46. The number of hydrogen-bond acceptors (Lipinski definition) is 3. The van der Waals surface area contributed by atoms with Crippen LogP contribution in [0.3, 0.4) is 0 Å². The summed E-state index contributed by atoms with van der Waals surface area (Å²) in [5, 5.41) is 3.87. The Hall–Kier alpha value is -0.420. The van der Waals surface area contributed by atoms with Gasteiger partial charge in [0.2, 0.25) is 0 Å². The molecule has 4 rings (SSSR count). The quantitative estimate of drug-likeness (QED) is 0.608. The Bertz CT molecular complexity index is 606. The second-order valence-electron chi connectivity index (χ2n) is 9.71. The summed E-state index contributed by atoms with van der Waals surface area (Å²) in [5.41, 5.74) is 1.60. The maximum absolute atomic E-state index is 6.18. The zero-order valence-corrected chi connectivity index (χ0v) is 18.4. The first-order valence-electron chi connectivity index (χ1n) is 10.7. The van der Waals surface area contributed by atoms with E-state index in [-0.39, 0.29) is 11.2 Å². The van der Waals surface area contributed by atoms with Gasteiger partial charge in [-0.3, -0.25) is 0 Å². The van der Waals surface area contributed by atoms with E-state index in [4.69, 9.17) is 9.47 Å². The van der Waals surface area contributed by atoms with Gasteiger partial charge in [0.25, 0.3) is 0 Å². The van der Waals surface area contributed by atoms with Crippen LogP contribution in [0.15, 0.2) is 28.7 Å². The highest BCUT2D eigenvalue weighted by molar-refractivity contribution is 9.10. The molecule has 2 saturated carbocycles. The molecular weight excluding hydrogens is 402 g/mol. The first-order valence-corrected chi connectivity index (χ1v) is 11.5. The third-order valence-electron chi connectivity index (χ3n) is 6.56. The predicted molar refractivity (Wildman–Crippen MR) is 113 cm³/mol. The molecule has 1 atom stereocenters. The fraction of sp³-hybridized carbons (Fsp3) is 0.739. The zero-order chi connectivity index (χ0) is 18.9. The normalized spacial score (nSPS) is 26.2. The van der Waals surface area contributed by atoms with Gasteiger partial charge in [0.1, 0.15) is 0 Å². The van der Waals surface area contributed by atoms with E-state index in [1.807, 2.05) is 0 Å². The molecule has 1 saturated heterocycles. The Labute approximate surface area is 172 Å². The van der Waals surface area contributed by atoms with Gasteiger partial charge in [-0.2, -0.15) is 0 Å². The average Bonchev–Trinajstić information content (AvgIpc) is 3.49. The molecule has 0 amide bonds. The van der Waals surface area contributed by atoms with Gasteiger partial charge in [0, 0.05) is 28.8 Å². The summed E-state index contributed by atoms with van der Waals surface area (Å²) in [6.45, 7) is 7.21. The van der Waals surface area contributed by atoms with Crippen LogP contribution in [-0.2, 0) is 9.47 Å². The number of rotatable bonds is 6. The second kappa shape index (κ2) is 8.14. The van der Waals surface area contributed by atoms with Crippen molar-refractivity contribution in [2.75, 3.05) is 19.8 Å². The topological polar surface area (TPSA) is 30.5 Å². The van der Waals surface area contributed by atoms with Crippen molar-refractivity contribution in [3.8, 4) is 0 Å². The Morgan fingerprint density at radius 2 is 1.67 bits per heavy atom. The first kappa shape index (κ1) is 19.9. The first-order chi connectivity index (χ1) is 12.9. The van der Waals surface area contributed by atoms with Gasteiger partial charge in [0.15, 0.2) is 5.79 Å². The summed E-state index contributed by atoms with van der Waals surface area (Å²) in [5.74, 6) is 1.36. The number of hydrogen-bond donors (Lipinski definition) is 1. The smallest absolute Gasteiger partial charge is 0.168 e. The minimum atomic E-state index is -0.270. The number of nitrogens with one attached hydrogen (secondary N) is 1. The molecule has 2 aliphatic carbocycles. The number of benzene rings is 1. The average molecular weight is 436 g/mol. The summed E-state index contributed by atoms with van der Waals surface area (Å²) in [6.07, 6.45) is 8.58. The van der Waals surface area contributed by atoms with Crippen LogP contribution in [0.2, 0.25) is 0 Å². The monoisotopic (exact) mass is 435 g/mol. The van der Waals surface area contributed by atoms with E-state index in [2.05, 4.69) is 59.4 Å². The fourth-order valence-electron chi connectivity index (χ4n) is 4.53. The van der Waals surface area contributed by atoms with Crippen molar-refractivity contribution in [1.82, 2.24) is 5.32 Å². The molecule has 3 nitrogen and oxygen atoms in total. The third-order valence-corrected chi connectivity index (χ3v) is 7.09. The highest BCUT2D eigenvalue weighted by atomic mass is 79.9. The molecule has 3 fully saturated rings. The summed E-state index contributed by atoms with van der Waals surface area (Å²) >= 11 is 3.55. The van der Waals surface area contributed by atoms with E-state index in [0.717, 1.165) is 48.9 Å². The number of halogens is 1. The second-order valence-corrected chi connectivity index (χ2v) is 10.6. The van der Waals surface area contributed by atoms with Crippen molar-refractivity contribution in [2.45, 2.75) is 70.6 Å². The molecule has 1 aromatic carbocycles. The Morgan fingerprint density at radius 1 is 1.04 bits per heavy atom. The van der Waals surface area contributed by atoms with Crippen molar-refractivity contribution < 1.29 is 9.47 Å². The van der Waals surface area contributed by atoms with Crippen LogP contribution in [0.25, 0.3) is 0 Å². The van der Waals surface area contributed by atoms with Gasteiger partial charge in [-0.05, 0) is 68.2 Å². The van der Waals surface area contributed by atoms with E-state index in [0.29, 0.717) is 6.04 Å². The highest BCUT2D eigenvalue weighted by Crippen LogP contribution is 2.43. The highest BCUT2D eigenvalue weighted by Gasteiger charge is 2.43. The van der Waals surface area contributed by atoms with Crippen molar-refractivity contribution in [1.29, 1.82) is 0 Å². The lowest BCUT2D eigenvalue weighted by atomic mass is 9.82. The molecule has 0 radical (unpaired) electrons. The Kier molecular flexibility index (Phi) is 5.99. The van der Waals surface area contributed by atoms with E-state index in [1.165, 1.54) is 37.7 Å². The SMILES string of the molecule is CC1(C)COC2(CCC(CCN[C@H](c3ccc(Br)cc3)C3CC3)CC2)OC1. The lowest BCUT2D eigenvalue weighted by Crippen LogP contribution is -2.49. The Morgan fingerprint density at radius 3 is 2.26 bits per heavy atom. The molecule has 27 heavy (non-hydrogen) atoms. The summed E-state index contributed by atoms with van der Waals surface area (Å²) in [7, 11) is 0. The Balaban J connectivity index is 1.22. The van der Waals surface area contributed by atoms with Crippen LogP contribution in [0, 0.1) is 17.3 Å². The predicted octanol–water partition coefficient (Wildman–Crippen LogP) is 5.84. The van der Waals surface area contributed by atoms with Crippen LogP contribution in [0.5, 0.6) is 0 Å². The van der Waals surface area contributed by atoms with E-state index >= 15 is 0 Å². The maximum atomic E-state index is 6.18. The molecule has 1 aromatic rings.